The van der Waals surface area contributed by atoms with E-state index in [4.69, 9.17) is 4.74 Å². The van der Waals surface area contributed by atoms with Gasteiger partial charge in [0.25, 0.3) is 0 Å². The quantitative estimate of drug-likeness (QED) is 0.696. The van der Waals surface area contributed by atoms with Crippen LogP contribution in [0.25, 0.3) is 0 Å². The molecule has 2 atom stereocenters. The van der Waals surface area contributed by atoms with Crippen molar-refractivity contribution in [3.8, 4) is 0 Å². The Bertz CT molecular complexity index is 315. The van der Waals surface area contributed by atoms with Crippen LogP contribution < -0.4 is 5.32 Å². The number of amides is 2. The number of nitrogens with zero attached hydrogens (tertiary/aromatic N) is 1. The predicted octanol–water partition coefficient (Wildman–Crippen LogP) is 0.148. The first-order valence-corrected chi connectivity index (χ1v) is 6.25. The van der Waals surface area contributed by atoms with Gasteiger partial charge in [0.2, 0.25) is 11.8 Å². The van der Waals surface area contributed by atoms with Gasteiger partial charge in [0.1, 0.15) is 12.1 Å². The Morgan fingerprint density at radius 1 is 1.41 bits per heavy atom. The highest BCUT2D eigenvalue weighted by molar-refractivity contribution is 5.97. The van der Waals surface area contributed by atoms with Crippen molar-refractivity contribution in [2.75, 3.05) is 20.3 Å². The van der Waals surface area contributed by atoms with E-state index in [-0.39, 0.29) is 23.9 Å². The molecular weight excluding hydrogens is 220 g/mol. The van der Waals surface area contributed by atoms with E-state index < -0.39 is 0 Å². The minimum Gasteiger partial charge on any atom is -0.385 e. The van der Waals surface area contributed by atoms with Crippen LogP contribution in [0.1, 0.15) is 26.2 Å². The van der Waals surface area contributed by atoms with Crippen LogP contribution in [-0.4, -0.2) is 49.1 Å². The van der Waals surface area contributed by atoms with Gasteiger partial charge in [-0.2, -0.15) is 0 Å². The van der Waals surface area contributed by atoms with Gasteiger partial charge in [-0.05, 0) is 32.1 Å². The monoisotopic (exact) mass is 240 g/mol. The molecule has 17 heavy (non-hydrogen) atoms. The summed E-state index contributed by atoms with van der Waals surface area (Å²) in [5.41, 5.74) is 0. The van der Waals surface area contributed by atoms with Crippen molar-refractivity contribution >= 4 is 11.8 Å². The summed E-state index contributed by atoms with van der Waals surface area (Å²) in [6, 6.07) is -0.629. The molecule has 0 bridgehead atoms. The van der Waals surface area contributed by atoms with Crippen LogP contribution in [0.15, 0.2) is 0 Å². The molecule has 2 rings (SSSR count). The summed E-state index contributed by atoms with van der Waals surface area (Å²) in [6.07, 6.45) is 2.88. The van der Waals surface area contributed by atoms with Crippen LogP contribution in [0.5, 0.6) is 0 Å². The smallest absolute Gasteiger partial charge is 0.246 e. The Hall–Kier alpha value is -1.10. The van der Waals surface area contributed by atoms with E-state index in [0.717, 1.165) is 19.3 Å². The minimum atomic E-state index is -0.352. The lowest BCUT2D eigenvalue weighted by Crippen LogP contribution is -2.63. The number of hydrogen-bond donors (Lipinski definition) is 1. The number of hydrogen-bond acceptors (Lipinski definition) is 3. The van der Waals surface area contributed by atoms with Crippen molar-refractivity contribution in [3.63, 3.8) is 0 Å². The van der Waals surface area contributed by atoms with Gasteiger partial charge in [0.15, 0.2) is 0 Å². The second-order valence-corrected chi connectivity index (χ2v) is 4.88. The van der Waals surface area contributed by atoms with Gasteiger partial charge >= 0.3 is 0 Å². The SMILES string of the molecule is COCCCN1C(=O)C(C2CC2)NC(=O)C1C. The van der Waals surface area contributed by atoms with Crippen molar-refractivity contribution in [2.24, 2.45) is 5.92 Å². The van der Waals surface area contributed by atoms with Crippen LogP contribution in [0, 0.1) is 5.92 Å². The maximum atomic E-state index is 12.2. The largest absolute Gasteiger partial charge is 0.385 e. The summed E-state index contributed by atoms with van der Waals surface area (Å²) >= 11 is 0. The third kappa shape index (κ3) is 2.60. The average molecular weight is 240 g/mol. The van der Waals surface area contributed by atoms with E-state index in [0.29, 0.717) is 19.1 Å². The summed E-state index contributed by atoms with van der Waals surface area (Å²) in [6.45, 7) is 3.00. The van der Waals surface area contributed by atoms with Gasteiger partial charge in [0, 0.05) is 20.3 Å². The Morgan fingerprint density at radius 3 is 2.71 bits per heavy atom. The maximum absolute atomic E-state index is 12.2. The lowest BCUT2D eigenvalue weighted by molar-refractivity contribution is -0.149. The summed E-state index contributed by atoms with van der Waals surface area (Å²) in [4.78, 5) is 25.7. The van der Waals surface area contributed by atoms with Gasteiger partial charge in [-0.1, -0.05) is 0 Å². The molecule has 2 amide bonds. The first kappa shape index (κ1) is 12.4. The topological polar surface area (TPSA) is 58.6 Å². The summed E-state index contributed by atoms with van der Waals surface area (Å²) in [5, 5.41) is 2.84. The highest BCUT2D eigenvalue weighted by Gasteiger charge is 2.45. The molecule has 1 aliphatic heterocycles. The van der Waals surface area contributed by atoms with E-state index in [9.17, 15) is 9.59 Å². The second kappa shape index (κ2) is 5.04. The molecule has 0 aromatic carbocycles. The number of carbonyl (C=O) groups is 2. The van der Waals surface area contributed by atoms with Crippen LogP contribution in [0.4, 0.5) is 0 Å². The molecule has 0 radical (unpaired) electrons. The molecule has 1 saturated heterocycles. The zero-order valence-corrected chi connectivity index (χ0v) is 10.4. The number of ether oxygens (including phenoxy) is 1. The lowest BCUT2D eigenvalue weighted by Gasteiger charge is -2.37. The van der Waals surface area contributed by atoms with E-state index in [2.05, 4.69) is 5.32 Å². The highest BCUT2D eigenvalue weighted by Crippen LogP contribution is 2.34. The molecule has 1 saturated carbocycles. The molecule has 2 fully saturated rings. The molecule has 5 nitrogen and oxygen atoms in total. The van der Waals surface area contributed by atoms with Crippen LogP contribution in [0.2, 0.25) is 0 Å². The third-order valence-electron chi connectivity index (χ3n) is 3.53. The Labute approximate surface area is 101 Å². The molecule has 0 spiro atoms. The molecule has 1 aliphatic carbocycles. The Morgan fingerprint density at radius 2 is 2.12 bits per heavy atom. The summed E-state index contributed by atoms with van der Waals surface area (Å²) < 4.78 is 4.98. The first-order valence-electron chi connectivity index (χ1n) is 6.25. The number of rotatable bonds is 5. The summed E-state index contributed by atoms with van der Waals surface area (Å²) in [7, 11) is 1.64. The van der Waals surface area contributed by atoms with Gasteiger partial charge in [-0.15, -0.1) is 0 Å². The molecule has 2 aliphatic rings. The molecule has 96 valence electrons. The molecule has 0 aromatic heterocycles. The molecular formula is C12H20N2O3. The lowest BCUT2D eigenvalue weighted by atomic mass is 10.0. The van der Waals surface area contributed by atoms with E-state index in [1.165, 1.54) is 0 Å². The zero-order chi connectivity index (χ0) is 12.4. The van der Waals surface area contributed by atoms with E-state index in [1.807, 2.05) is 0 Å². The Kier molecular flexibility index (Phi) is 3.66. The van der Waals surface area contributed by atoms with Gasteiger partial charge in [0.05, 0.1) is 0 Å². The fourth-order valence-electron chi connectivity index (χ4n) is 2.28. The molecule has 0 aromatic rings. The van der Waals surface area contributed by atoms with Gasteiger partial charge < -0.3 is 15.0 Å². The molecule has 5 heteroatoms. The number of methoxy groups -OCH3 is 1. The second-order valence-electron chi connectivity index (χ2n) is 4.88. The van der Waals surface area contributed by atoms with Gasteiger partial charge in [-0.3, -0.25) is 9.59 Å². The predicted molar refractivity (Wildman–Crippen MR) is 62.3 cm³/mol. The van der Waals surface area contributed by atoms with E-state index in [1.54, 1.807) is 18.9 Å². The number of nitrogens with one attached hydrogen (secondary N) is 1. The fraction of sp³-hybridized carbons (Fsp3) is 0.833. The Balaban J connectivity index is 1.99. The zero-order valence-electron chi connectivity index (χ0n) is 10.4. The van der Waals surface area contributed by atoms with Crippen molar-refractivity contribution in [1.82, 2.24) is 10.2 Å². The highest BCUT2D eigenvalue weighted by atomic mass is 16.5. The van der Waals surface area contributed by atoms with Crippen LogP contribution in [-0.2, 0) is 14.3 Å². The van der Waals surface area contributed by atoms with Crippen molar-refractivity contribution in [3.05, 3.63) is 0 Å². The third-order valence-corrected chi connectivity index (χ3v) is 3.53. The first-order chi connectivity index (χ1) is 8.15. The number of piperazine rings is 1. The normalized spacial score (nSPS) is 29.4. The maximum Gasteiger partial charge on any atom is 0.246 e. The minimum absolute atomic E-state index is 0.0288. The van der Waals surface area contributed by atoms with Crippen LogP contribution >= 0.6 is 0 Å². The van der Waals surface area contributed by atoms with Crippen molar-refractivity contribution in [2.45, 2.75) is 38.3 Å². The van der Waals surface area contributed by atoms with Crippen molar-refractivity contribution in [1.29, 1.82) is 0 Å². The average Bonchev–Trinajstić information content (AvgIpc) is 3.12. The fourth-order valence-corrected chi connectivity index (χ4v) is 2.28. The molecule has 1 N–H and O–H groups in total. The van der Waals surface area contributed by atoms with Crippen molar-refractivity contribution < 1.29 is 14.3 Å². The van der Waals surface area contributed by atoms with Crippen LogP contribution in [0.3, 0.4) is 0 Å². The standard InChI is InChI=1S/C12H20N2O3/c1-8-11(15)13-10(9-4-5-9)12(16)14(8)6-3-7-17-2/h8-10H,3-7H2,1-2H3,(H,13,15). The molecule has 1 heterocycles. The van der Waals surface area contributed by atoms with E-state index >= 15 is 0 Å². The summed E-state index contributed by atoms with van der Waals surface area (Å²) in [5.74, 6) is 0.415. The number of carbonyl (C=O) groups excluding carboxylic acids is 2. The molecule has 2 unspecified atom stereocenters. The van der Waals surface area contributed by atoms with Gasteiger partial charge in [-0.25, -0.2) is 0 Å².